The van der Waals surface area contributed by atoms with Gasteiger partial charge in [0.25, 0.3) is 0 Å². The van der Waals surface area contributed by atoms with Crippen LogP contribution in [0, 0.1) is 0 Å². The van der Waals surface area contributed by atoms with E-state index in [1.54, 1.807) is 6.07 Å². The second-order valence-electron chi connectivity index (χ2n) is 3.96. The maximum atomic E-state index is 9.57. The molecule has 0 aliphatic carbocycles. The van der Waals surface area contributed by atoms with Crippen LogP contribution in [-0.2, 0) is 6.42 Å². The molecule has 1 heteroatoms. The summed E-state index contributed by atoms with van der Waals surface area (Å²) in [5.74, 6) is 0.332. The second kappa shape index (κ2) is 4.84. The predicted molar refractivity (Wildman–Crippen MR) is 67.5 cm³/mol. The molecule has 0 saturated carbocycles. The highest BCUT2D eigenvalue weighted by Crippen LogP contribution is 2.28. The van der Waals surface area contributed by atoms with E-state index in [9.17, 15) is 5.11 Å². The molecule has 2 rings (SSSR count). The maximum Gasteiger partial charge on any atom is 0.116 e. The molecule has 1 N–H and O–H groups in total. The molecule has 2 aromatic rings. The summed E-state index contributed by atoms with van der Waals surface area (Å²) in [6.45, 7) is 2.17. The molecular formula is C15H16O. The lowest BCUT2D eigenvalue weighted by Crippen LogP contribution is -1.89. The Morgan fingerprint density at radius 2 is 1.75 bits per heavy atom. The molecule has 0 amide bonds. The Kier molecular flexibility index (Phi) is 3.25. The summed E-state index contributed by atoms with van der Waals surface area (Å²) in [5, 5.41) is 9.57. The smallest absolute Gasteiger partial charge is 0.116 e. The summed E-state index contributed by atoms with van der Waals surface area (Å²) in [7, 11) is 0. The molecule has 0 spiro atoms. The Bertz CT molecular complexity index is 460. The van der Waals surface area contributed by atoms with Crippen molar-refractivity contribution in [1.82, 2.24) is 0 Å². The minimum absolute atomic E-state index is 0.332. The summed E-state index contributed by atoms with van der Waals surface area (Å²) < 4.78 is 0. The van der Waals surface area contributed by atoms with Gasteiger partial charge in [0.15, 0.2) is 0 Å². The number of rotatable bonds is 3. The molecule has 0 unspecified atom stereocenters. The second-order valence-corrected chi connectivity index (χ2v) is 3.96. The van der Waals surface area contributed by atoms with Crippen molar-refractivity contribution in [3.05, 3.63) is 54.1 Å². The van der Waals surface area contributed by atoms with Crippen molar-refractivity contribution < 1.29 is 5.11 Å². The van der Waals surface area contributed by atoms with Gasteiger partial charge in [-0.1, -0.05) is 49.7 Å². The highest BCUT2D eigenvalue weighted by Gasteiger charge is 2.05. The van der Waals surface area contributed by atoms with E-state index in [1.165, 1.54) is 11.1 Å². The SMILES string of the molecule is CCCc1ccc(O)cc1-c1ccccc1. The van der Waals surface area contributed by atoms with Crippen LogP contribution in [0.2, 0.25) is 0 Å². The molecule has 2 aromatic carbocycles. The van der Waals surface area contributed by atoms with Crippen molar-refractivity contribution in [2.45, 2.75) is 19.8 Å². The van der Waals surface area contributed by atoms with E-state index in [1.807, 2.05) is 30.3 Å². The summed E-state index contributed by atoms with van der Waals surface area (Å²) in [5.41, 5.74) is 3.61. The van der Waals surface area contributed by atoms with Crippen LogP contribution in [0.4, 0.5) is 0 Å². The van der Waals surface area contributed by atoms with Gasteiger partial charge in [0.2, 0.25) is 0 Å². The first-order valence-corrected chi connectivity index (χ1v) is 5.68. The van der Waals surface area contributed by atoms with Crippen molar-refractivity contribution >= 4 is 0 Å². The van der Waals surface area contributed by atoms with E-state index in [4.69, 9.17) is 0 Å². The average molecular weight is 212 g/mol. The van der Waals surface area contributed by atoms with Gasteiger partial charge in [0.1, 0.15) is 5.75 Å². The van der Waals surface area contributed by atoms with Crippen molar-refractivity contribution in [2.24, 2.45) is 0 Å². The molecule has 0 atom stereocenters. The van der Waals surface area contributed by atoms with Crippen LogP contribution in [0.25, 0.3) is 11.1 Å². The predicted octanol–water partition coefficient (Wildman–Crippen LogP) is 4.01. The zero-order valence-corrected chi connectivity index (χ0v) is 9.48. The normalized spacial score (nSPS) is 10.3. The molecule has 0 heterocycles. The van der Waals surface area contributed by atoms with Crippen molar-refractivity contribution in [2.75, 3.05) is 0 Å². The Hall–Kier alpha value is -1.76. The Labute approximate surface area is 96.4 Å². The quantitative estimate of drug-likeness (QED) is 0.815. The first-order valence-electron chi connectivity index (χ1n) is 5.68. The van der Waals surface area contributed by atoms with Crippen LogP contribution in [-0.4, -0.2) is 5.11 Å². The molecule has 16 heavy (non-hydrogen) atoms. The Balaban J connectivity index is 2.49. The van der Waals surface area contributed by atoms with Crippen molar-refractivity contribution in [1.29, 1.82) is 0 Å². The van der Waals surface area contributed by atoms with Gasteiger partial charge in [0.05, 0.1) is 0 Å². The zero-order chi connectivity index (χ0) is 11.4. The van der Waals surface area contributed by atoms with Crippen LogP contribution < -0.4 is 0 Å². The van der Waals surface area contributed by atoms with Crippen LogP contribution in [0.1, 0.15) is 18.9 Å². The van der Waals surface area contributed by atoms with Crippen molar-refractivity contribution in [3.8, 4) is 16.9 Å². The van der Waals surface area contributed by atoms with Gasteiger partial charge < -0.3 is 5.11 Å². The highest BCUT2D eigenvalue weighted by molar-refractivity contribution is 5.68. The Morgan fingerprint density at radius 3 is 2.44 bits per heavy atom. The molecule has 0 bridgehead atoms. The van der Waals surface area contributed by atoms with Gasteiger partial charge in [-0.15, -0.1) is 0 Å². The maximum absolute atomic E-state index is 9.57. The molecule has 1 nitrogen and oxygen atoms in total. The van der Waals surface area contributed by atoms with Crippen LogP contribution in [0.15, 0.2) is 48.5 Å². The molecule has 82 valence electrons. The van der Waals surface area contributed by atoms with Gasteiger partial charge in [-0.05, 0) is 35.2 Å². The van der Waals surface area contributed by atoms with Gasteiger partial charge in [-0.2, -0.15) is 0 Å². The topological polar surface area (TPSA) is 20.2 Å². The number of phenolic OH excluding ortho intramolecular Hbond substituents is 1. The van der Waals surface area contributed by atoms with E-state index in [0.717, 1.165) is 18.4 Å². The minimum atomic E-state index is 0.332. The zero-order valence-electron chi connectivity index (χ0n) is 9.48. The summed E-state index contributed by atoms with van der Waals surface area (Å²) in [6.07, 6.45) is 2.16. The molecule has 0 aromatic heterocycles. The monoisotopic (exact) mass is 212 g/mol. The van der Waals surface area contributed by atoms with Crippen LogP contribution in [0.5, 0.6) is 5.75 Å². The highest BCUT2D eigenvalue weighted by atomic mass is 16.3. The van der Waals surface area contributed by atoms with Gasteiger partial charge >= 0.3 is 0 Å². The number of benzene rings is 2. The van der Waals surface area contributed by atoms with E-state index in [0.29, 0.717) is 5.75 Å². The molecule has 0 radical (unpaired) electrons. The summed E-state index contributed by atoms with van der Waals surface area (Å²) in [6, 6.07) is 15.8. The fourth-order valence-electron chi connectivity index (χ4n) is 1.94. The first-order chi connectivity index (χ1) is 7.81. The van der Waals surface area contributed by atoms with Gasteiger partial charge in [-0.25, -0.2) is 0 Å². The van der Waals surface area contributed by atoms with E-state index < -0.39 is 0 Å². The number of aryl methyl sites for hydroxylation is 1. The van der Waals surface area contributed by atoms with Gasteiger partial charge in [0, 0.05) is 0 Å². The summed E-state index contributed by atoms with van der Waals surface area (Å²) >= 11 is 0. The fraction of sp³-hybridized carbons (Fsp3) is 0.200. The summed E-state index contributed by atoms with van der Waals surface area (Å²) in [4.78, 5) is 0. The van der Waals surface area contributed by atoms with Crippen molar-refractivity contribution in [3.63, 3.8) is 0 Å². The molecule has 0 fully saturated rings. The number of aromatic hydroxyl groups is 1. The average Bonchev–Trinajstić information content (AvgIpc) is 2.33. The lowest BCUT2D eigenvalue weighted by molar-refractivity contribution is 0.475. The fourth-order valence-corrected chi connectivity index (χ4v) is 1.94. The third kappa shape index (κ3) is 2.25. The van der Waals surface area contributed by atoms with E-state index in [2.05, 4.69) is 19.1 Å². The van der Waals surface area contributed by atoms with Gasteiger partial charge in [-0.3, -0.25) is 0 Å². The number of phenols is 1. The third-order valence-electron chi connectivity index (χ3n) is 2.70. The minimum Gasteiger partial charge on any atom is -0.508 e. The lowest BCUT2D eigenvalue weighted by Gasteiger charge is -2.09. The molecular weight excluding hydrogens is 196 g/mol. The lowest BCUT2D eigenvalue weighted by atomic mass is 9.97. The first kappa shape index (κ1) is 10.7. The van der Waals surface area contributed by atoms with E-state index >= 15 is 0 Å². The number of hydrogen-bond donors (Lipinski definition) is 1. The molecule has 0 saturated heterocycles. The number of hydrogen-bond acceptors (Lipinski definition) is 1. The van der Waals surface area contributed by atoms with E-state index in [-0.39, 0.29) is 0 Å². The third-order valence-corrected chi connectivity index (χ3v) is 2.70. The Morgan fingerprint density at radius 1 is 1.00 bits per heavy atom. The molecule has 0 aliphatic rings. The van der Waals surface area contributed by atoms with Crippen LogP contribution in [0.3, 0.4) is 0 Å². The standard InChI is InChI=1S/C15H16O/c1-2-6-12-9-10-14(16)11-15(12)13-7-4-3-5-8-13/h3-5,7-11,16H,2,6H2,1H3. The molecule has 0 aliphatic heterocycles. The largest absolute Gasteiger partial charge is 0.508 e. The van der Waals surface area contributed by atoms with Crippen LogP contribution >= 0.6 is 0 Å².